The molecule has 1 aliphatic rings. The van der Waals surface area contributed by atoms with Gasteiger partial charge in [-0.1, -0.05) is 30.8 Å². The van der Waals surface area contributed by atoms with E-state index in [1.807, 2.05) is 0 Å². The number of para-hydroxylation sites is 1. The molecule has 0 spiro atoms. The zero-order valence-corrected chi connectivity index (χ0v) is 15.8. The molecular weight excluding hydrogens is 378 g/mol. The number of thioether (sulfide) groups is 1. The van der Waals surface area contributed by atoms with Crippen molar-refractivity contribution >= 4 is 35.2 Å². The molecule has 2 rings (SSSR count). The molecule has 1 aromatic rings. The summed E-state index contributed by atoms with van der Waals surface area (Å²) in [5.41, 5.74) is 0.237. The van der Waals surface area contributed by atoms with E-state index in [0.717, 1.165) is 0 Å². The molecule has 0 aromatic heterocycles. The summed E-state index contributed by atoms with van der Waals surface area (Å²) in [6, 6.07) is 6.17. The summed E-state index contributed by atoms with van der Waals surface area (Å²) < 4.78 is 30.2. The van der Waals surface area contributed by atoms with Gasteiger partial charge in [0.15, 0.2) is 6.61 Å². The lowest BCUT2D eigenvalue weighted by atomic mass is 9.98. The van der Waals surface area contributed by atoms with Crippen LogP contribution in [0.15, 0.2) is 29.2 Å². The number of ether oxygens (including phenoxy) is 1. The van der Waals surface area contributed by atoms with Crippen molar-refractivity contribution in [3.05, 3.63) is 24.3 Å². The summed E-state index contributed by atoms with van der Waals surface area (Å²) in [4.78, 5) is 37.8. The van der Waals surface area contributed by atoms with Crippen molar-refractivity contribution in [3.63, 3.8) is 0 Å². The molecule has 0 bridgehead atoms. The number of nitrogens with one attached hydrogen (secondary N) is 1. The van der Waals surface area contributed by atoms with Gasteiger partial charge in [-0.05, 0) is 25.0 Å². The SMILES string of the molecule is CCC(=O)N1CCC[C@@H](C(=O)OCC(=O)Nc2ccccc2SC(F)F)C1. The van der Waals surface area contributed by atoms with E-state index in [-0.39, 0.29) is 16.5 Å². The van der Waals surface area contributed by atoms with Crippen molar-refractivity contribution in [1.29, 1.82) is 0 Å². The molecular formula is C18H22F2N2O4S. The molecule has 1 aliphatic heterocycles. The number of rotatable bonds is 7. The molecule has 1 atom stereocenters. The fraction of sp³-hybridized carbons (Fsp3) is 0.500. The largest absolute Gasteiger partial charge is 0.455 e. The minimum atomic E-state index is -2.61. The van der Waals surface area contributed by atoms with Crippen LogP contribution in [0, 0.1) is 5.92 Å². The standard InChI is InChI=1S/C18H22F2N2O4S/c1-2-16(24)22-9-5-6-12(10-22)17(25)26-11-15(23)21-13-7-3-4-8-14(13)27-18(19)20/h3-4,7-8,12,18H,2,5-6,9-11H2,1H3,(H,21,23)/t12-/m1/s1. The van der Waals surface area contributed by atoms with Gasteiger partial charge >= 0.3 is 5.97 Å². The lowest BCUT2D eigenvalue weighted by Crippen LogP contribution is -2.42. The topological polar surface area (TPSA) is 75.7 Å². The molecule has 148 valence electrons. The van der Waals surface area contributed by atoms with Gasteiger partial charge in [-0.2, -0.15) is 8.78 Å². The van der Waals surface area contributed by atoms with Crippen molar-refractivity contribution in [2.75, 3.05) is 25.0 Å². The fourth-order valence-corrected chi connectivity index (χ4v) is 3.42. The average molecular weight is 400 g/mol. The van der Waals surface area contributed by atoms with Crippen LogP contribution >= 0.6 is 11.8 Å². The minimum absolute atomic E-state index is 0.0154. The molecule has 1 fully saturated rings. The Morgan fingerprint density at radius 2 is 2.07 bits per heavy atom. The predicted octanol–water partition coefficient (Wildman–Crippen LogP) is 3.13. The van der Waals surface area contributed by atoms with E-state index in [9.17, 15) is 23.2 Å². The van der Waals surface area contributed by atoms with Crippen molar-refractivity contribution < 1.29 is 27.9 Å². The molecule has 0 radical (unpaired) electrons. The number of hydrogen-bond donors (Lipinski definition) is 1. The fourth-order valence-electron chi connectivity index (χ4n) is 2.83. The highest BCUT2D eigenvalue weighted by molar-refractivity contribution is 7.99. The van der Waals surface area contributed by atoms with Crippen LogP contribution in [0.4, 0.5) is 14.5 Å². The Bertz CT molecular complexity index is 687. The number of anilines is 1. The van der Waals surface area contributed by atoms with E-state index in [4.69, 9.17) is 4.74 Å². The summed E-state index contributed by atoms with van der Waals surface area (Å²) in [5.74, 6) is -4.22. The van der Waals surface area contributed by atoms with Crippen LogP contribution in [0.5, 0.6) is 0 Å². The smallest absolute Gasteiger partial charge is 0.311 e. The van der Waals surface area contributed by atoms with Crippen LogP contribution < -0.4 is 5.32 Å². The highest BCUT2D eigenvalue weighted by Gasteiger charge is 2.29. The van der Waals surface area contributed by atoms with Crippen LogP contribution in [0.25, 0.3) is 0 Å². The van der Waals surface area contributed by atoms with Crippen LogP contribution in [0.2, 0.25) is 0 Å². The molecule has 0 unspecified atom stereocenters. The first-order chi connectivity index (χ1) is 12.9. The maximum absolute atomic E-state index is 12.6. The van der Waals surface area contributed by atoms with Crippen LogP contribution in [0.1, 0.15) is 26.2 Å². The summed E-state index contributed by atoms with van der Waals surface area (Å²) in [5, 5.41) is 2.48. The number of carbonyl (C=O) groups excluding carboxylic acids is 3. The van der Waals surface area contributed by atoms with Gasteiger partial charge in [0, 0.05) is 24.4 Å². The number of piperidine rings is 1. The average Bonchev–Trinajstić information content (AvgIpc) is 2.66. The number of halogens is 2. The number of carbonyl (C=O) groups is 3. The third kappa shape index (κ3) is 6.50. The van der Waals surface area contributed by atoms with Gasteiger partial charge < -0.3 is 15.0 Å². The molecule has 0 aliphatic carbocycles. The van der Waals surface area contributed by atoms with Gasteiger partial charge in [0.05, 0.1) is 11.6 Å². The van der Waals surface area contributed by atoms with E-state index in [1.54, 1.807) is 24.0 Å². The highest BCUT2D eigenvalue weighted by atomic mass is 32.2. The first kappa shape index (κ1) is 21.1. The Kier molecular flexibility index (Phi) is 8.02. The van der Waals surface area contributed by atoms with Crippen LogP contribution in [0.3, 0.4) is 0 Å². The number of likely N-dealkylation sites (tertiary alicyclic amines) is 1. The van der Waals surface area contributed by atoms with Crippen LogP contribution in [-0.2, 0) is 19.1 Å². The third-order valence-corrected chi connectivity index (χ3v) is 4.92. The molecule has 6 nitrogen and oxygen atoms in total. The Hall–Kier alpha value is -2.16. The maximum Gasteiger partial charge on any atom is 0.311 e. The van der Waals surface area contributed by atoms with E-state index >= 15 is 0 Å². The van der Waals surface area contributed by atoms with E-state index < -0.39 is 30.2 Å². The second kappa shape index (κ2) is 10.2. The number of nitrogens with zero attached hydrogens (tertiary/aromatic N) is 1. The minimum Gasteiger partial charge on any atom is -0.455 e. The first-order valence-corrected chi connectivity index (χ1v) is 9.56. The van der Waals surface area contributed by atoms with Gasteiger partial charge in [0.1, 0.15) is 0 Å². The van der Waals surface area contributed by atoms with Crippen molar-refractivity contribution in [2.24, 2.45) is 5.92 Å². The summed E-state index contributed by atoms with van der Waals surface area (Å²) in [6.07, 6.45) is 1.68. The second-order valence-corrected chi connectivity index (χ2v) is 7.09. The lowest BCUT2D eigenvalue weighted by Gasteiger charge is -2.31. The van der Waals surface area contributed by atoms with Crippen molar-refractivity contribution in [1.82, 2.24) is 4.90 Å². The zero-order valence-electron chi connectivity index (χ0n) is 15.0. The van der Waals surface area contributed by atoms with E-state index in [2.05, 4.69) is 5.32 Å². The lowest BCUT2D eigenvalue weighted by molar-refractivity contribution is -0.154. The Labute approximate surface area is 160 Å². The number of benzene rings is 1. The van der Waals surface area contributed by atoms with Crippen molar-refractivity contribution in [3.8, 4) is 0 Å². The third-order valence-electron chi connectivity index (χ3n) is 4.13. The molecule has 0 saturated carbocycles. The van der Waals surface area contributed by atoms with Gasteiger partial charge in [-0.15, -0.1) is 0 Å². The zero-order chi connectivity index (χ0) is 19.8. The number of hydrogen-bond acceptors (Lipinski definition) is 5. The van der Waals surface area contributed by atoms with E-state index in [0.29, 0.717) is 44.1 Å². The molecule has 1 N–H and O–H groups in total. The molecule has 9 heteroatoms. The first-order valence-electron chi connectivity index (χ1n) is 8.68. The van der Waals surface area contributed by atoms with Gasteiger partial charge in [0.25, 0.3) is 11.7 Å². The predicted molar refractivity (Wildman–Crippen MR) is 97.5 cm³/mol. The second-order valence-electron chi connectivity index (χ2n) is 6.06. The normalized spacial score (nSPS) is 16.9. The number of esters is 1. The molecule has 1 heterocycles. The Morgan fingerprint density at radius 1 is 1.33 bits per heavy atom. The Balaban J connectivity index is 1.85. The summed E-state index contributed by atoms with van der Waals surface area (Å²) in [6.45, 7) is 2.17. The quantitative estimate of drug-likeness (QED) is 0.562. The number of alkyl halides is 2. The molecule has 27 heavy (non-hydrogen) atoms. The molecule has 2 amide bonds. The monoisotopic (exact) mass is 400 g/mol. The summed E-state index contributed by atoms with van der Waals surface area (Å²) in [7, 11) is 0. The van der Waals surface area contributed by atoms with Crippen molar-refractivity contribution in [2.45, 2.75) is 36.8 Å². The number of amides is 2. The van der Waals surface area contributed by atoms with Gasteiger partial charge in [-0.25, -0.2) is 0 Å². The van der Waals surface area contributed by atoms with E-state index in [1.165, 1.54) is 12.1 Å². The summed E-state index contributed by atoms with van der Waals surface area (Å²) >= 11 is 0.326. The molecule has 1 aromatic carbocycles. The molecule has 1 saturated heterocycles. The van der Waals surface area contributed by atoms with Gasteiger partial charge in [-0.3, -0.25) is 14.4 Å². The highest BCUT2D eigenvalue weighted by Crippen LogP contribution is 2.31. The Morgan fingerprint density at radius 3 is 2.78 bits per heavy atom. The maximum atomic E-state index is 12.6. The van der Waals surface area contributed by atoms with Gasteiger partial charge in [0.2, 0.25) is 5.91 Å². The van der Waals surface area contributed by atoms with Crippen LogP contribution in [-0.4, -0.2) is 48.1 Å².